The maximum Gasteiger partial charge on any atom is 0.338 e. The van der Waals surface area contributed by atoms with Gasteiger partial charge in [0.25, 0.3) is 5.56 Å². The summed E-state index contributed by atoms with van der Waals surface area (Å²) in [6.45, 7) is 10.0. The molecule has 0 radical (unpaired) electrons. The lowest BCUT2D eigenvalue weighted by molar-refractivity contribution is -0.139. The maximum absolute atomic E-state index is 13.6. The van der Waals surface area contributed by atoms with Gasteiger partial charge in [0.05, 0.1) is 35.1 Å². The number of nitrogens with zero attached hydrogens (tertiary/aromatic N) is 2. The van der Waals surface area contributed by atoms with E-state index in [0.717, 1.165) is 4.88 Å². The van der Waals surface area contributed by atoms with E-state index in [1.807, 2.05) is 36.6 Å². The predicted molar refractivity (Wildman–Crippen MR) is 138 cm³/mol. The number of hydrogen-bond donors (Lipinski definition) is 0. The van der Waals surface area contributed by atoms with E-state index in [2.05, 4.69) is 11.6 Å². The van der Waals surface area contributed by atoms with Crippen molar-refractivity contribution < 1.29 is 19.0 Å². The third-order valence-corrected chi connectivity index (χ3v) is 7.08. The van der Waals surface area contributed by atoms with Crippen molar-refractivity contribution in [2.24, 2.45) is 4.99 Å². The van der Waals surface area contributed by atoms with E-state index in [1.54, 1.807) is 48.0 Å². The minimum Gasteiger partial charge on any atom is -0.490 e. The van der Waals surface area contributed by atoms with Crippen molar-refractivity contribution in [3.8, 4) is 11.5 Å². The van der Waals surface area contributed by atoms with Crippen LogP contribution in [0.25, 0.3) is 6.08 Å². The van der Waals surface area contributed by atoms with Gasteiger partial charge in [-0.25, -0.2) is 9.79 Å². The number of benzene rings is 1. The molecule has 3 heterocycles. The zero-order valence-corrected chi connectivity index (χ0v) is 21.4. The molecule has 35 heavy (non-hydrogen) atoms. The summed E-state index contributed by atoms with van der Waals surface area (Å²) in [4.78, 5) is 32.8. The fraction of sp³-hybridized carbons (Fsp3) is 0.269. The summed E-state index contributed by atoms with van der Waals surface area (Å²) in [5.74, 6) is 0.570. The molecule has 182 valence electrons. The molecule has 1 aromatic carbocycles. The molecular weight excluding hydrogens is 484 g/mol. The van der Waals surface area contributed by atoms with Crippen LogP contribution in [-0.2, 0) is 9.53 Å². The zero-order chi connectivity index (χ0) is 24.9. The van der Waals surface area contributed by atoms with Crippen molar-refractivity contribution in [3.63, 3.8) is 0 Å². The Morgan fingerprint density at radius 1 is 1.20 bits per heavy atom. The topological polar surface area (TPSA) is 79.1 Å². The normalized spacial score (nSPS) is 15.4. The van der Waals surface area contributed by atoms with Crippen LogP contribution in [0.4, 0.5) is 0 Å². The Hall–Kier alpha value is -3.43. The zero-order valence-electron chi connectivity index (χ0n) is 19.8. The highest BCUT2D eigenvalue weighted by Gasteiger charge is 2.34. The second-order valence-corrected chi connectivity index (χ2v) is 9.54. The molecule has 0 unspecified atom stereocenters. The highest BCUT2D eigenvalue weighted by molar-refractivity contribution is 7.11. The van der Waals surface area contributed by atoms with Gasteiger partial charge in [-0.15, -0.1) is 11.3 Å². The predicted octanol–water partition coefficient (Wildman–Crippen LogP) is 3.82. The van der Waals surface area contributed by atoms with Gasteiger partial charge in [0.1, 0.15) is 6.61 Å². The van der Waals surface area contributed by atoms with Crippen LogP contribution in [-0.4, -0.2) is 30.4 Å². The number of allylic oxidation sites excluding steroid dienone is 1. The molecule has 1 aliphatic rings. The molecule has 3 aromatic rings. The van der Waals surface area contributed by atoms with Crippen LogP contribution in [0, 0.1) is 0 Å². The second-order valence-electron chi connectivity index (χ2n) is 7.56. The van der Waals surface area contributed by atoms with Crippen LogP contribution in [0.2, 0.25) is 0 Å². The van der Waals surface area contributed by atoms with Crippen molar-refractivity contribution in [2.75, 3.05) is 19.8 Å². The van der Waals surface area contributed by atoms with Crippen molar-refractivity contribution in [1.29, 1.82) is 0 Å². The van der Waals surface area contributed by atoms with Gasteiger partial charge in [-0.1, -0.05) is 36.1 Å². The molecule has 0 saturated heterocycles. The van der Waals surface area contributed by atoms with Crippen molar-refractivity contribution in [3.05, 3.63) is 89.8 Å². The Bertz CT molecular complexity index is 1450. The fourth-order valence-electron chi connectivity index (χ4n) is 3.84. The molecule has 0 bridgehead atoms. The molecular formula is C26H26N2O5S2. The molecule has 0 spiro atoms. The molecule has 4 rings (SSSR count). The van der Waals surface area contributed by atoms with E-state index in [9.17, 15) is 9.59 Å². The van der Waals surface area contributed by atoms with Gasteiger partial charge in [0, 0.05) is 4.88 Å². The lowest BCUT2D eigenvalue weighted by Crippen LogP contribution is -2.39. The summed E-state index contributed by atoms with van der Waals surface area (Å²) in [6, 6.07) is 8.59. The van der Waals surface area contributed by atoms with Crippen LogP contribution >= 0.6 is 22.7 Å². The molecule has 0 saturated carbocycles. The highest BCUT2D eigenvalue weighted by atomic mass is 32.1. The molecule has 1 atom stereocenters. The SMILES string of the molecule is C=CCOc1ccc([C@H]2C(C(=O)OCC)=C(C)N=c3sc(=Cc4cccs4)c(=O)n32)cc1OCC. The van der Waals surface area contributed by atoms with Gasteiger partial charge in [0.15, 0.2) is 16.3 Å². The standard InChI is InChI=1S/C26H26N2O5S2/c1-5-12-33-19-11-10-17(14-20(19)31-6-2)23-22(25(30)32-7-3)16(4)27-26-28(23)24(29)21(35-26)15-18-9-8-13-34-18/h5,8-11,13-15,23H,1,6-7,12H2,2-4H3/t23-/m0/s1. The summed E-state index contributed by atoms with van der Waals surface area (Å²) < 4.78 is 19.0. The van der Waals surface area contributed by atoms with Gasteiger partial charge < -0.3 is 14.2 Å². The molecule has 2 aromatic heterocycles. The van der Waals surface area contributed by atoms with E-state index < -0.39 is 12.0 Å². The smallest absolute Gasteiger partial charge is 0.338 e. The first-order chi connectivity index (χ1) is 17.0. The summed E-state index contributed by atoms with van der Waals surface area (Å²) in [5.41, 5.74) is 1.32. The Morgan fingerprint density at radius 2 is 2.03 bits per heavy atom. The van der Waals surface area contributed by atoms with Gasteiger partial charge >= 0.3 is 5.97 Å². The molecule has 9 heteroatoms. The van der Waals surface area contributed by atoms with Crippen LogP contribution in [0.15, 0.2) is 69.4 Å². The minimum absolute atomic E-state index is 0.212. The lowest BCUT2D eigenvalue weighted by Gasteiger charge is -2.25. The summed E-state index contributed by atoms with van der Waals surface area (Å²) in [5, 5.41) is 1.96. The van der Waals surface area contributed by atoms with Crippen molar-refractivity contribution in [2.45, 2.75) is 26.8 Å². The van der Waals surface area contributed by atoms with E-state index in [-0.39, 0.29) is 12.2 Å². The number of hydrogen-bond acceptors (Lipinski definition) is 8. The number of aromatic nitrogens is 1. The average molecular weight is 511 g/mol. The van der Waals surface area contributed by atoms with Gasteiger partial charge in [-0.05, 0) is 56.0 Å². The van der Waals surface area contributed by atoms with Crippen LogP contribution < -0.4 is 24.4 Å². The average Bonchev–Trinajstić information content (AvgIpc) is 3.45. The first-order valence-corrected chi connectivity index (χ1v) is 12.9. The second kappa shape index (κ2) is 10.9. The molecule has 0 amide bonds. The maximum atomic E-state index is 13.6. The highest BCUT2D eigenvalue weighted by Crippen LogP contribution is 2.36. The minimum atomic E-state index is -0.719. The molecule has 0 N–H and O–H groups in total. The quantitative estimate of drug-likeness (QED) is 0.323. The monoisotopic (exact) mass is 510 g/mol. The van der Waals surface area contributed by atoms with Crippen LogP contribution in [0.3, 0.4) is 0 Å². The first-order valence-electron chi connectivity index (χ1n) is 11.2. The molecule has 7 nitrogen and oxygen atoms in total. The molecule has 0 fully saturated rings. The lowest BCUT2D eigenvalue weighted by atomic mass is 9.95. The van der Waals surface area contributed by atoms with Gasteiger partial charge in [-0.3, -0.25) is 9.36 Å². The van der Waals surface area contributed by atoms with Crippen molar-refractivity contribution in [1.82, 2.24) is 4.57 Å². The molecule has 1 aliphatic heterocycles. The third kappa shape index (κ3) is 5.01. The number of fused-ring (bicyclic) bond motifs is 1. The van der Waals surface area contributed by atoms with Gasteiger partial charge in [-0.2, -0.15) is 0 Å². The van der Waals surface area contributed by atoms with E-state index in [1.165, 1.54) is 11.3 Å². The third-order valence-electron chi connectivity index (χ3n) is 5.27. The Kier molecular flexibility index (Phi) is 7.67. The number of thiophene rings is 1. The summed E-state index contributed by atoms with van der Waals surface area (Å²) in [6.07, 6.45) is 3.51. The Labute approximate surface area is 210 Å². The number of rotatable bonds is 9. The van der Waals surface area contributed by atoms with Crippen LogP contribution in [0.5, 0.6) is 11.5 Å². The molecule has 0 aliphatic carbocycles. The number of thiazole rings is 1. The Balaban J connectivity index is 1.93. The number of carbonyl (C=O) groups excluding carboxylic acids is 1. The first kappa shape index (κ1) is 24.7. The van der Waals surface area contributed by atoms with E-state index >= 15 is 0 Å². The summed E-state index contributed by atoms with van der Waals surface area (Å²) in [7, 11) is 0. The van der Waals surface area contributed by atoms with Crippen LogP contribution in [0.1, 0.15) is 37.3 Å². The van der Waals surface area contributed by atoms with Gasteiger partial charge in [0.2, 0.25) is 0 Å². The fourth-order valence-corrected chi connectivity index (χ4v) is 5.61. The Morgan fingerprint density at radius 3 is 2.71 bits per heavy atom. The number of ether oxygens (including phenoxy) is 3. The largest absolute Gasteiger partial charge is 0.490 e. The van der Waals surface area contributed by atoms with Crippen molar-refractivity contribution >= 4 is 34.7 Å². The number of carbonyl (C=O) groups is 1. The summed E-state index contributed by atoms with van der Waals surface area (Å²) >= 11 is 2.85. The van der Waals surface area contributed by atoms with E-state index in [4.69, 9.17) is 14.2 Å². The number of esters is 1. The van der Waals surface area contributed by atoms with E-state index in [0.29, 0.717) is 50.9 Å².